The number of halogens is 2. The molecule has 1 aromatic carbocycles. The lowest BCUT2D eigenvalue weighted by atomic mass is 10.3. The van der Waals surface area contributed by atoms with Gasteiger partial charge >= 0.3 is 6.09 Å². The van der Waals surface area contributed by atoms with Crippen molar-refractivity contribution in [3.8, 4) is 0 Å². The van der Waals surface area contributed by atoms with Crippen LogP contribution >= 0.6 is 23.2 Å². The van der Waals surface area contributed by atoms with Crippen molar-refractivity contribution in [3.05, 3.63) is 28.2 Å². The Labute approximate surface area is 110 Å². The Bertz CT molecular complexity index is 397. The number of hydrogen-bond donors (Lipinski definition) is 1. The number of ether oxygens (including phenoxy) is 1. The van der Waals surface area contributed by atoms with Crippen LogP contribution in [0, 0.1) is 0 Å². The molecule has 1 N–H and O–H groups in total. The molecular weight excluding hydrogens is 263 g/mol. The van der Waals surface area contributed by atoms with Gasteiger partial charge in [-0.05, 0) is 26.2 Å². The zero-order valence-corrected chi connectivity index (χ0v) is 11.2. The summed E-state index contributed by atoms with van der Waals surface area (Å²) in [4.78, 5) is 13.3. The molecule has 0 aliphatic heterocycles. The molecule has 94 valence electrons. The van der Waals surface area contributed by atoms with Gasteiger partial charge in [0.25, 0.3) is 0 Å². The van der Waals surface area contributed by atoms with Crippen LogP contribution in [-0.2, 0) is 4.74 Å². The standard InChI is InChI=1S/C11H14Cl2N2O2/c1-15(2)6-7-17-11(16)14-9-5-3-4-8(12)10(9)13/h3-5H,6-7H2,1-2H3,(H,14,16). The second-order valence-corrected chi connectivity index (χ2v) is 4.45. The third kappa shape index (κ3) is 4.81. The number of hydrogen-bond acceptors (Lipinski definition) is 3. The van der Waals surface area contributed by atoms with Crippen LogP contribution in [0.15, 0.2) is 18.2 Å². The molecule has 1 rings (SSSR count). The van der Waals surface area contributed by atoms with Gasteiger partial charge in [0, 0.05) is 6.54 Å². The minimum atomic E-state index is -0.545. The molecule has 17 heavy (non-hydrogen) atoms. The zero-order chi connectivity index (χ0) is 12.8. The number of nitrogens with zero attached hydrogens (tertiary/aromatic N) is 1. The lowest BCUT2D eigenvalue weighted by molar-refractivity contribution is 0.151. The molecule has 4 nitrogen and oxygen atoms in total. The highest BCUT2D eigenvalue weighted by atomic mass is 35.5. The summed E-state index contributed by atoms with van der Waals surface area (Å²) in [5.41, 5.74) is 0.439. The number of carbonyl (C=O) groups excluding carboxylic acids is 1. The van der Waals surface area contributed by atoms with Gasteiger partial charge in [-0.25, -0.2) is 4.79 Å². The maximum atomic E-state index is 11.4. The first kappa shape index (κ1) is 14.1. The highest BCUT2D eigenvalue weighted by Crippen LogP contribution is 2.29. The molecule has 1 amide bonds. The van der Waals surface area contributed by atoms with Crippen LogP contribution in [-0.4, -0.2) is 38.2 Å². The molecule has 0 bridgehead atoms. The van der Waals surface area contributed by atoms with Crippen molar-refractivity contribution in [2.45, 2.75) is 0 Å². The quantitative estimate of drug-likeness (QED) is 0.919. The van der Waals surface area contributed by atoms with E-state index in [9.17, 15) is 4.79 Å². The van der Waals surface area contributed by atoms with Crippen molar-refractivity contribution < 1.29 is 9.53 Å². The van der Waals surface area contributed by atoms with E-state index in [1.165, 1.54) is 0 Å². The van der Waals surface area contributed by atoms with Crippen LogP contribution in [0.3, 0.4) is 0 Å². The number of carbonyl (C=O) groups is 1. The van der Waals surface area contributed by atoms with Gasteiger partial charge in [0.2, 0.25) is 0 Å². The van der Waals surface area contributed by atoms with Crippen LogP contribution in [0.5, 0.6) is 0 Å². The molecule has 6 heteroatoms. The number of rotatable bonds is 4. The van der Waals surface area contributed by atoms with Gasteiger partial charge in [0.05, 0.1) is 15.7 Å². The first-order valence-corrected chi connectivity index (χ1v) is 5.79. The molecule has 0 atom stereocenters. The SMILES string of the molecule is CN(C)CCOC(=O)Nc1cccc(Cl)c1Cl. The van der Waals surface area contributed by atoms with Crippen LogP contribution in [0.2, 0.25) is 10.0 Å². The highest BCUT2D eigenvalue weighted by molar-refractivity contribution is 6.43. The fourth-order valence-electron chi connectivity index (χ4n) is 1.07. The maximum absolute atomic E-state index is 11.4. The molecule has 0 saturated heterocycles. The van der Waals surface area contributed by atoms with Gasteiger partial charge in [-0.2, -0.15) is 0 Å². The summed E-state index contributed by atoms with van der Waals surface area (Å²) in [5.74, 6) is 0. The van der Waals surface area contributed by atoms with Gasteiger partial charge in [0.15, 0.2) is 0 Å². The zero-order valence-electron chi connectivity index (χ0n) is 9.67. The first-order chi connectivity index (χ1) is 8.00. The topological polar surface area (TPSA) is 41.6 Å². The second-order valence-electron chi connectivity index (χ2n) is 3.67. The van der Waals surface area contributed by atoms with E-state index < -0.39 is 6.09 Å². The van der Waals surface area contributed by atoms with E-state index in [4.69, 9.17) is 27.9 Å². The predicted molar refractivity (Wildman–Crippen MR) is 70.0 cm³/mol. The molecule has 0 spiro atoms. The van der Waals surface area contributed by atoms with Gasteiger partial charge in [-0.15, -0.1) is 0 Å². The summed E-state index contributed by atoms with van der Waals surface area (Å²) in [6.45, 7) is 0.980. The van der Waals surface area contributed by atoms with Gasteiger partial charge in [0.1, 0.15) is 6.61 Å². The van der Waals surface area contributed by atoms with Gasteiger partial charge < -0.3 is 9.64 Å². The maximum Gasteiger partial charge on any atom is 0.411 e. The Morgan fingerprint density at radius 1 is 1.41 bits per heavy atom. The Kier molecular flexibility index (Phi) is 5.55. The number of anilines is 1. The molecule has 0 saturated carbocycles. The molecule has 1 aromatic rings. The summed E-state index contributed by atoms with van der Waals surface area (Å²) in [7, 11) is 3.80. The van der Waals surface area contributed by atoms with Crippen LogP contribution in [0.4, 0.5) is 10.5 Å². The molecule has 0 radical (unpaired) electrons. The van der Waals surface area contributed by atoms with Crippen LogP contribution in [0.25, 0.3) is 0 Å². The van der Waals surface area contributed by atoms with E-state index in [2.05, 4.69) is 5.32 Å². The lowest BCUT2D eigenvalue weighted by Gasteiger charge is -2.11. The molecular formula is C11H14Cl2N2O2. The summed E-state index contributed by atoms with van der Waals surface area (Å²) in [6, 6.07) is 5.00. The fourth-order valence-corrected chi connectivity index (χ4v) is 1.42. The summed E-state index contributed by atoms with van der Waals surface area (Å²) >= 11 is 11.7. The van der Waals surface area contributed by atoms with Gasteiger partial charge in [-0.3, -0.25) is 5.32 Å². The molecule has 0 heterocycles. The minimum absolute atomic E-state index is 0.304. The molecule has 0 aliphatic carbocycles. The smallest absolute Gasteiger partial charge is 0.411 e. The molecule has 0 aromatic heterocycles. The Morgan fingerprint density at radius 2 is 2.12 bits per heavy atom. The molecule has 0 unspecified atom stereocenters. The van der Waals surface area contributed by atoms with E-state index in [0.717, 1.165) is 0 Å². The summed E-state index contributed by atoms with van der Waals surface area (Å²) in [6.07, 6.45) is -0.545. The second kappa shape index (κ2) is 6.69. The minimum Gasteiger partial charge on any atom is -0.448 e. The normalized spacial score (nSPS) is 10.4. The number of nitrogens with one attached hydrogen (secondary N) is 1. The average Bonchev–Trinajstić information content (AvgIpc) is 2.24. The fraction of sp³-hybridized carbons (Fsp3) is 0.364. The van der Waals surface area contributed by atoms with E-state index in [1.807, 2.05) is 19.0 Å². The predicted octanol–water partition coefficient (Wildman–Crippen LogP) is 3.10. The summed E-state index contributed by atoms with van der Waals surface area (Å²) in [5, 5.41) is 3.22. The van der Waals surface area contributed by atoms with Crippen molar-refractivity contribution in [2.24, 2.45) is 0 Å². The van der Waals surface area contributed by atoms with Crippen molar-refractivity contribution >= 4 is 35.0 Å². The monoisotopic (exact) mass is 276 g/mol. The van der Waals surface area contributed by atoms with E-state index in [1.54, 1.807) is 18.2 Å². The lowest BCUT2D eigenvalue weighted by Crippen LogP contribution is -2.22. The Hall–Kier alpha value is -0.970. The van der Waals surface area contributed by atoms with E-state index >= 15 is 0 Å². The van der Waals surface area contributed by atoms with E-state index in [0.29, 0.717) is 28.9 Å². The van der Waals surface area contributed by atoms with Crippen molar-refractivity contribution in [2.75, 3.05) is 32.6 Å². The van der Waals surface area contributed by atoms with Crippen LogP contribution < -0.4 is 5.32 Å². The van der Waals surface area contributed by atoms with Gasteiger partial charge in [-0.1, -0.05) is 29.3 Å². The van der Waals surface area contributed by atoms with E-state index in [-0.39, 0.29) is 0 Å². The summed E-state index contributed by atoms with van der Waals surface area (Å²) < 4.78 is 4.96. The molecule has 0 fully saturated rings. The largest absolute Gasteiger partial charge is 0.448 e. The van der Waals surface area contributed by atoms with Crippen molar-refractivity contribution in [3.63, 3.8) is 0 Å². The number of likely N-dealkylation sites (N-methyl/N-ethyl adjacent to an activating group) is 1. The third-order valence-corrected chi connectivity index (χ3v) is 2.78. The average molecular weight is 277 g/mol. The third-order valence-electron chi connectivity index (χ3n) is 1.96. The number of benzene rings is 1. The Balaban J connectivity index is 2.48. The molecule has 0 aliphatic rings. The number of amides is 1. The van der Waals surface area contributed by atoms with Crippen LogP contribution in [0.1, 0.15) is 0 Å². The van der Waals surface area contributed by atoms with Crippen molar-refractivity contribution in [1.29, 1.82) is 0 Å². The first-order valence-electron chi connectivity index (χ1n) is 5.03. The highest BCUT2D eigenvalue weighted by Gasteiger charge is 2.08. The van der Waals surface area contributed by atoms with Crippen molar-refractivity contribution in [1.82, 2.24) is 4.90 Å². The Morgan fingerprint density at radius 3 is 2.76 bits per heavy atom.